The molecule has 1 radical (unpaired) electrons. The Hall–Kier alpha value is -1.36. The van der Waals surface area contributed by atoms with Gasteiger partial charge >= 0.3 is 0 Å². The van der Waals surface area contributed by atoms with Crippen molar-refractivity contribution in [2.24, 2.45) is 0 Å². The Bertz CT molecular complexity index is 247. The monoisotopic (exact) mass is 117 g/mol. The maximum Gasteiger partial charge on any atom is 0.101 e. The molecule has 0 amide bonds. The van der Waals surface area contributed by atoms with Crippen LogP contribution < -0.4 is 0 Å². The highest BCUT2D eigenvalue weighted by atomic mass is 14.6. The minimum absolute atomic E-state index is 0.539. The van der Waals surface area contributed by atoms with Gasteiger partial charge in [-0.15, -0.1) is 0 Å². The van der Waals surface area contributed by atoms with Gasteiger partial charge < -0.3 is 0 Å². The molecule has 1 rings (SSSR count). The van der Waals surface area contributed by atoms with Crippen LogP contribution in [-0.4, -0.2) is 4.98 Å². The lowest BCUT2D eigenvalue weighted by Gasteiger charge is -1.89. The second-order valence-corrected chi connectivity index (χ2v) is 1.64. The Labute approximate surface area is 53.8 Å². The first kappa shape index (κ1) is 5.77. The largest absolute Gasteiger partial charge is 0.263 e. The molecule has 0 saturated heterocycles. The second-order valence-electron chi connectivity index (χ2n) is 1.64. The number of rotatable bonds is 0. The van der Waals surface area contributed by atoms with Crippen LogP contribution in [0, 0.1) is 18.3 Å². The third kappa shape index (κ3) is 1.06. The van der Waals surface area contributed by atoms with Crippen LogP contribution in [0.2, 0.25) is 0 Å². The first-order chi connectivity index (χ1) is 4.34. The van der Waals surface area contributed by atoms with Crippen molar-refractivity contribution < 1.29 is 0 Å². The van der Waals surface area contributed by atoms with Crippen molar-refractivity contribution in [3.63, 3.8) is 0 Å². The molecule has 0 saturated carbocycles. The predicted octanol–water partition coefficient (Wildman–Crippen LogP) is 1.14. The van der Waals surface area contributed by atoms with E-state index >= 15 is 0 Å². The molecule has 2 heteroatoms. The van der Waals surface area contributed by atoms with Crippen LogP contribution in [0.3, 0.4) is 0 Å². The number of nitrogens with zero attached hydrogens (tertiary/aromatic N) is 2. The van der Waals surface area contributed by atoms with Crippen molar-refractivity contribution >= 4 is 0 Å². The van der Waals surface area contributed by atoms with Crippen molar-refractivity contribution in [3.8, 4) is 6.07 Å². The maximum atomic E-state index is 8.39. The number of pyridine rings is 1. The van der Waals surface area contributed by atoms with Gasteiger partial charge in [0, 0.05) is 12.4 Å². The molecule has 0 spiro atoms. The van der Waals surface area contributed by atoms with Crippen LogP contribution in [0.25, 0.3) is 0 Å². The Morgan fingerprint density at radius 1 is 1.67 bits per heavy atom. The van der Waals surface area contributed by atoms with Gasteiger partial charge in [0.1, 0.15) is 6.07 Å². The van der Waals surface area contributed by atoms with Crippen LogP contribution >= 0.6 is 0 Å². The zero-order chi connectivity index (χ0) is 6.69. The SMILES string of the molecule is [CH2]c1ccncc1C#N. The highest BCUT2D eigenvalue weighted by Crippen LogP contribution is 2.00. The fourth-order valence-electron chi connectivity index (χ4n) is 0.524. The van der Waals surface area contributed by atoms with E-state index in [1.807, 2.05) is 6.07 Å². The third-order valence-corrected chi connectivity index (χ3v) is 1.03. The molecule has 0 aliphatic carbocycles. The van der Waals surface area contributed by atoms with Gasteiger partial charge in [0.2, 0.25) is 0 Å². The number of hydrogen-bond donors (Lipinski definition) is 0. The quantitative estimate of drug-likeness (QED) is 0.510. The van der Waals surface area contributed by atoms with Gasteiger partial charge in [-0.3, -0.25) is 4.98 Å². The minimum Gasteiger partial charge on any atom is -0.263 e. The summed E-state index contributed by atoms with van der Waals surface area (Å²) in [5, 5.41) is 8.39. The van der Waals surface area contributed by atoms with Crippen LogP contribution in [0.15, 0.2) is 18.5 Å². The first-order valence-corrected chi connectivity index (χ1v) is 2.50. The van der Waals surface area contributed by atoms with E-state index in [1.54, 1.807) is 12.3 Å². The summed E-state index contributed by atoms with van der Waals surface area (Å²) >= 11 is 0. The summed E-state index contributed by atoms with van der Waals surface area (Å²) in [5.41, 5.74) is 1.27. The molecule has 43 valence electrons. The first-order valence-electron chi connectivity index (χ1n) is 2.50. The normalized spacial score (nSPS) is 8.44. The zero-order valence-electron chi connectivity index (χ0n) is 4.83. The summed E-state index contributed by atoms with van der Waals surface area (Å²) in [6, 6.07) is 3.68. The van der Waals surface area contributed by atoms with Crippen LogP contribution in [0.4, 0.5) is 0 Å². The molecule has 0 N–H and O–H groups in total. The predicted molar refractivity (Wildman–Crippen MR) is 33.4 cm³/mol. The van der Waals surface area contributed by atoms with Crippen LogP contribution in [0.5, 0.6) is 0 Å². The average Bonchev–Trinajstić information content (AvgIpc) is 1.89. The highest BCUT2D eigenvalue weighted by molar-refractivity contribution is 5.36. The van der Waals surface area contributed by atoms with E-state index in [-0.39, 0.29) is 0 Å². The van der Waals surface area contributed by atoms with Gasteiger partial charge in [-0.1, -0.05) is 0 Å². The Morgan fingerprint density at radius 3 is 2.89 bits per heavy atom. The standard InChI is InChI=1S/C7H5N2/c1-6-2-3-9-5-7(6)4-8/h2-3,5H,1H2. The smallest absolute Gasteiger partial charge is 0.101 e. The molecule has 0 unspecified atom stereocenters. The topological polar surface area (TPSA) is 36.7 Å². The zero-order valence-corrected chi connectivity index (χ0v) is 4.83. The third-order valence-electron chi connectivity index (χ3n) is 1.03. The van der Waals surface area contributed by atoms with Crippen molar-refractivity contribution in [3.05, 3.63) is 36.5 Å². The van der Waals surface area contributed by atoms with Crippen molar-refractivity contribution in [1.82, 2.24) is 4.98 Å². The second kappa shape index (κ2) is 2.27. The Balaban J connectivity index is 3.20. The fraction of sp³-hybridized carbons (Fsp3) is 0. The number of nitriles is 1. The molecule has 0 atom stereocenters. The summed E-state index contributed by atoms with van der Waals surface area (Å²) in [4.78, 5) is 3.75. The Kier molecular flexibility index (Phi) is 1.46. The van der Waals surface area contributed by atoms with E-state index in [0.29, 0.717) is 5.56 Å². The molecule has 2 nitrogen and oxygen atoms in total. The van der Waals surface area contributed by atoms with E-state index < -0.39 is 0 Å². The minimum atomic E-state index is 0.539. The summed E-state index contributed by atoms with van der Waals surface area (Å²) in [5.74, 6) is 0. The van der Waals surface area contributed by atoms with Gasteiger partial charge in [-0.2, -0.15) is 5.26 Å². The molecule has 0 aromatic carbocycles. The van der Waals surface area contributed by atoms with Crippen LogP contribution in [-0.2, 0) is 0 Å². The molecule has 0 aliphatic heterocycles. The molecule has 0 fully saturated rings. The molecule has 9 heavy (non-hydrogen) atoms. The fourth-order valence-corrected chi connectivity index (χ4v) is 0.524. The summed E-state index contributed by atoms with van der Waals surface area (Å²) in [6.45, 7) is 3.63. The van der Waals surface area contributed by atoms with E-state index in [0.717, 1.165) is 5.56 Å². The van der Waals surface area contributed by atoms with Gasteiger partial charge in [0.05, 0.1) is 5.56 Å². The number of hydrogen-bond acceptors (Lipinski definition) is 2. The van der Waals surface area contributed by atoms with E-state index in [4.69, 9.17) is 5.26 Å². The molecular weight excluding hydrogens is 112 g/mol. The lowest BCUT2D eigenvalue weighted by Crippen LogP contribution is -1.81. The average molecular weight is 117 g/mol. The molecule has 0 bridgehead atoms. The molecule has 0 aliphatic rings. The van der Waals surface area contributed by atoms with Gasteiger partial charge in [-0.05, 0) is 18.6 Å². The van der Waals surface area contributed by atoms with E-state index in [9.17, 15) is 0 Å². The highest BCUT2D eigenvalue weighted by Gasteiger charge is 1.91. The van der Waals surface area contributed by atoms with E-state index in [1.165, 1.54) is 6.20 Å². The van der Waals surface area contributed by atoms with Crippen LogP contribution in [0.1, 0.15) is 11.1 Å². The van der Waals surface area contributed by atoms with Crippen molar-refractivity contribution in [2.45, 2.75) is 0 Å². The van der Waals surface area contributed by atoms with Gasteiger partial charge in [0.25, 0.3) is 0 Å². The molecule has 1 aromatic heterocycles. The van der Waals surface area contributed by atoms with Crippen molar-refractivity contribution in [1.29, 1.82) is 5.26 Å². The van der Waals surface area contributed by atoms with Gasteiger partial charge in [-0.25, -0.2) is 0 Å². The lowest BCUT2D eigenvalue weighted by atomic mass is 10.2. The summed E-state index contributed by atoms with van der Waals surface area (Å²) in [7, 11) is 0. The van der Waals surface area contributed by atoms with Gasteiger partial charge in [0.15, 0.2) is 0 Å². The lowest BCUT2D eigenvalue weighted by molar-refractivity contribution is 1.28. The summed E-state index contributed by atoms with van der Waals surface area (Å²) in [6.07, 6.45) is 3.12. The van der Waals surface area contributed by atoms with Crippen molar-refractivity contribution in [2.75, 3.05) is 0 Å². The summed E-state index contributed by atoms with van der Waals surface area (Å²) < 4.78 is 0. The molecular formula is C7H5N2. The molecule has 1 heterocycles. The van der Waals surface area contributed by atoms with E-state index in [2.05, 4.69) is 11.9 Å². The number of aromatic nitrogens is 1. The maximum absolute atomic E-state index is 8.39. The Morgan fingerprint density at radius 2 is 2.44 bits per heavy atom. The molecule has 1 aromatic rings.